The van der Waals surface area contributed by atoms with Gasteiger partial charge in [0.2, 0.25) is 5.95 Å². The van der Waals surface area contributed by atoms with Crippen LogP contribution >= 0.6 is 11.3 Å². The number of thiophene rings is 1. The second kappa shape index (κ2) is 9.02. The molecule has 2 fully saturated rings. The number of hydrogen-bond donors (Lipinski definition) is 3. The van der Waals surface area contributed by atoms with Gasteiger partial charge in [0, 0.05) is 44.2 Å². The van der Waals surface area contributed by atoms with Crippen molar-refractivity contribution in [3.63, 3.8) is 0 Å². The van der Waals surface area contributed by atoms with Crippen LogP contribution in [0.15, 0.2) is 17.5 Å². The summed E-state index contributed by atoms with van der Waals surface area (Å²) in [5, 5.41) is 31.6. The van der Waals surface area contributed by atoms with Crippen molar-refractivity contribution in [3.05, 3.63) is 23.2 Å². The number of aliphatic hydroxyl groups excluding tert-OH is 1. The molecule has 0 amide bonds. The summed E-state index contributed by atoms with van der Waals surface area (Å²) < 4.78 is 0. The van der Waals surface area contributed by atoms with Crippen molar-refractivity contribution in [3.8, 4) is 6.07 Å². The molecule has 2 unspecified atom stereocenters. The highest BCUT2D eigenvalue weighted by atomic mass is 32.1. The number of nitrogens with one attached hydrogen (secondary N) is 2. The molecule has 3 aromatic rings. The van der Waals surface area contributed by atoms with Gasteiger partial charge in [-0.15, -0.1) is 11.3 Å². The van der Waals surface area contributed by atoms with E-state index in [-0.39, 0.29) is 6.61 Å². The number of H-pyrrole nitrogens is 1. The van der Waals surface area contributed by atoms with Gasteiger partial charge in [0.05, 0.1) is 23.8 Å². The molecule has 0 aromatic carbocycles. The summed E-state index contributed by atoms with van der Waals surface area (Å²) >= 11 is 1.60. The maximum atomic E-state index is 9.30. The van der Waals surface area contributed by atoms with Crippen molar-refractivity contribution in [2.75, 3.05) is 23.8 Å². The Morgan fingerprint density at radius 3 is 2.88 bits per heavy atom. The second-order valence-electron chi connectivity index (χ2n) is 8.69. The first-order chi connectivity index (χ1) is 15.7. The van der Waals surface area contributed by atoms with Crippen molar-refractivity contribution in [2.45, 2.75) is 63.3 Å². The lowest BCUT2D eigenvalue weighted by atomic mass is 9.81. The van der Waals surface area contributed by atoms with Crippen molar-refractivity contribution < 1.29 is 5.11 Å². The monoisotopic (exact) mass is 452 g/mol. The molecule has 5 heterocycles. The molecule has 0 aliphatic carbocycles. The summed E-state index contributed by atoms with van der Waals surface area (Å²) in [6.45, 7) is 0.795. The van der Waals surface area contributed by atoms with Crippen molar-refractivity contribution in [1.29, 1.82) is 5.26 Å². The Morgan fingerprint density at radius 1 is 1.34 bits per heavy atom. The van der Waals surface area contributed by atoms with E-state index in [1.165, 1.54) is 19.3 Å². The molecular weight excluding hydrogens is 424 g/mol. The summed E-state index contributed by atoms with van der Waals surface area (Å²) in [5.74, 6) is 2.06. The fraction of sp³-hybridized carbons (Fsp3) is 0.545. The first kappa shape index (κ1) is 21.1. The maximum Gasteiger partial charge on any atom is 0.228 e. The molecule has 5 rings (SSSR count). The van der Waals surface area contributed by atoms with Gasteiger partial charge in [0.25, 0.3) is 0 Å². The van der Waals surface area contributed by atoms with Crippen LogP contribution in [0.25, 0.3) is 10.2 Å². The zero-order valence-electron chi connectivity index (χ0n) is 18.2. The quantitative estimate of drug-likeness (QED) is 0.499. The fourth-order valence-corrected chi connectivity index (χ4v) is 5.96. The Kier molecular flexibility index (Phi) is 5.95. The minimum atomic E-state index is -0.0876. The van der Waals surface area contributed by atoms with Crippen LogP contribution in [-0.4, -0.2) is 61.9 Å². The highest BCUT2D eigenvalue weighted by molar-refractivity contribution is 7.16. The Morgan fingerprint density at radius 2 is 2.16 bits per heavy atom. The lowest BCUT2D eigenvalue weighted by Gasteiger charge is -2.50. The van der Waals surface area contributed by atoms with E-state index in [1.807, 2.05) is 11.4 Å². The highest BCUT2D eigenvalue weighted by Gasteiger charge is 2.39. The SMILES string of the molecule is CN(c1nc(Nc2cc(CO)[nH]n2)c2ccsc2n1)C1CC2CCCC(C1)N2CCC#N. The van der Waals surface area contributed by atoms with E-state index in [2.05, 4.69) is 38.4 Å². The summed E-state index contributed by atoms with van der Waals surface area (Å²) in [6.07, 6.45) is 6.44. The van der Waals surface area contributed by atoms with E-state index < -0.39 is 0 Å². The molecule has 2 saturated heterocycles. The van der Waals surface area contributed by atoms with Gasteiger partial charge < -0.3 is 15.3 Å². The predicted octanol–water partition coefficient (Wildman–Crippen LogP) is 3.39. The first-order valence-corrected chi connectivity index (χ1v) is 12.1. The van der Waals surface area contributed by atoms with Crippen LogP contribution in [0, 0.1) is 11.3 Å². The Bertz CT molecular complexity index is 1110. The van der Waals surface area contributed by atoms with Gasteiger partial charge in [-0.1, -0.05) is 6.42 Å². The van der Waals surface area contributed by atoms with Gasteiger partial charge in [-0.25, -0.2) is 4.98 Å². The summed E-state index contributed by atoms with van der Waals surface area (Å²) in [7, 11) is 2.10. The molecule has 2 aliphatic rings. The lowest BCUT2D eigenvalue weighted by Crippen LogP contribution is -2.56. The molecule has 32 heavy (non-hydrogen) atoms. The lowest BCUT2D eigenvalue weighted by molar-refractivity contribution is 0.0326. The van der Waals surface area contributed by atoms with Crippen molar-refractivity contribution in [1.82, 2.24) is 25.1 Å². The van der Waals surface area contributed by atoms with Crippen molar-refractivity contribution >= 4 is 39.1 Å². The van der Waals surface area contributed by atoms with Crippen LogP contribution in [0.5, 0.6) is 0 Å². The smallest absolute Gasteiger partial charge is 0.228 e. The molecule has 2 bridgehead atoms. The molecule has 9 nitrogen and oxygen atoms in total. The standard InChI is InChI=1S/C22H28N8OS/c1-29(17-11-15-4-2-5-16(12-17)30(15)8-3-7-23)22-25-20(18-6-9-32-21(18)26-22)24-19-10-14(13-31)27-28-19/h6,9-10,15-17,31H,2-5,8,11-13H2,1H3,(H2,24,25,26,27,28). The van der Waals surface area contributed by atoms with Gasteiger partial charge in [-0.3, -0.25) is 10.00 Å². The third-order valence-electron chi connectivity index (χ3n) is 6.81. The van der Waals surface area contributed by atoms with E-state index in [9.17, 15) is 5.11 Å². The van der Waals surface area contributed by atoms with E-state index in [4.69, 9.17) is 15.2 Å². The molecule has 168 valence electrons. The first-order valence-electron chi connectivity index (χ1n) is 11.2. The van der Waals surface area contributed by atoms with E-state index >= 15 is 0 Å². The van der Waals surface area contributed by atoms with Gasteiger partial charge in [-0.2, -0.15) is 15.3 Å². The van der Waals surface area contributed by atoms with Gasteiger partial charge in [-0.05, 0) is 37.1 Å². The topological polar surface area (TPSA) is 117 Å². The van der Waals surface area contributed by atoms with Crippen molar-refractivity contribution in [2.24, 2.45) is 0 Å². The average molecular weight is 453 g/mol. The highest BCUT2D eigenvalue weighted by Crippen LogP contribution is 2.37. The van der Waals surface area contributed by atoms with E-state index in [0.717, 1.165) is 35.4 Å². The van der Waals surface area contributed by atoms with Crippen LogP contribution in [0.3, 0.4) is 0 Å². The van der Waals surface area contributed by atoms with E-state index in [0.29, 0.717) is 42.0 Å². The third-order valence-corrected chi connectivity index (χ3v) is 7.61. The normalized spacial score (nSPS) is 23.2. The predicted molar refractivity (Wildman–Crippen MR) is 125 cm³/mol. The number of hydrogen-bond acceptors (Lipinski definition) is 9. The molecular formula is C22H28N8OS. The molecule has 2 atom stereocenters. The number of aromatic nitrogens is 4. The second-order valence-corrected chi connectivity index (χ2v) is 9.59. The number of piperidine rings is 2. The number of aromatic amines is 1. The van der Waals surface area contributed by atoms with Gasteiger partial charge >= 0.3 is 0 Å². The zero-order valence-corrected chi connectivity index (χ0v) is 19.0. The Balaban J connectivity index is 1.39. The minimum absolute atomic E-state index is 0.0876. The number of anilines is 3. The fourth-order valence-electron chi connectivity index (χ4n) is 5.20. The Labute approximate surface area is 191 Å². The molecule has 3 aromatic heterocycles. The molecule has 0 saturated carbocycles. The molecule has 0 spiro atoms. The molecule has 0 radical (unpaired) electrons. The molecule has 3 N–H and O–H groups in total. The van der Waals surface area contributed by atoms with Crippen LogP contribution in [0.1, 0.15) is 44.2 Å². The number of aliphatic hydroxyl groups is 1. The largest absolute Gasteiger partial charge is 0.390 e. The number of fused-ring (bicyclic) bond motifs is 3. The van der Waals surface area contributed by atoms with Gasteiger partial charge in [0.1, 0.15) is 10.6 Å². The summed E-state index contributed by atoms with van der Waals surface area (Å²) in [4.78, 5) is 15.5. The minimum Gasteiger partial charge on any atom is -0.390 e. The molecule has 10 heteroatoms. The maximum absolute atomic E-state index is 9.30. The molecule has 2 aliphatic heterocycles. The van der Waals surface area contributed by atoms with E-state index in [1.54, 1.807) is 17.4 Å². The third kappa shape index (κ3) is 4.03. The Hall–Kier alpha value is -2.74. The average Bonchev–Trinajstić information content (AvgIpc) is 3.46. The van der Waals surface area contributed by atoms with Crippen LogP contribution in [0.4, 0.5) is 17.6 Å². The van der Waals surface area contributed by atoms with Crippen LogP contribution in [0.2, 0.25) is 0 Å². The van der Waals surface area contributed by atoms with Crippen LogP contribution in [-0.2, 0) is 6.61 Å². The number of nitrogens with zero attached hydrogens (tertiary/aromatic N) is 6. The zero-order chi connectivity index (χ0) is 22.1. The number of nitriles is 1. The van der Waals surface area contributed by atoms with Gasteiger partial charge in [0.15, 0.2) is 5.82 Å². The number of rotatable bonds is 7. The van der Waals surface area contributed by atoms with Crippen LogP contribution < -0.4 is 10.2 Å². The summed E-state index contributed by atoms with van der Waals surface area (Å²) in [6, 6.07) is 7.55. The summed E-state index contributed by atoms with van der Waals surface area (Å²) in [5.41, 5.74) is 0.648.